The van der Waals surface area contributed by atoms with E-state index in [1.165, 1.54) is 5.56 Å². The predicted molar refractivity (Wildman–Crippen MR) is 69.9 cm³/mol. The number of nitrogens with one attached hydrogen (secondary N) is 1. The lowest BCUT2D eigenvalue weighted by molar-refractivity contribution is 0.901. The summed E-state index contributed by atoms with van der Waals surface area (Å²) in [4.78, 5) is 0. The van der Waals surface area contributed by atoms with Gasteiger partial charge < -0.3 is 4.57 Å². The van der Waals surface area contributed by atoms with Crippen molar-refractivity contribution in [1.29, 1.82) is 0 Å². The molecule has 2 aromatic rings. The van der Waals surface area contributed by atoms with Crippen molar-refractivity contribution >= 4 is 12.2 Å². The maximum Gasteiger partial charge on any atom is 0.195 e. The molecule has 0 aliphatic heterocycles. The van der Waals surface area contributed by atoms with Crippen LogP contribution in [0.3, 0.4) is 0 Å². The smallest absolute Gasteiger partial charge is 0.195 e. The lowest BCUT2D eigenvalue weighted by Crippen LogP contribution is -1.94. The Balaban J connectivity index is 0.000000606. The van der Waals surface area contributed by atoms with Gasteiger partial charge in [0.15, 0.2) is 10.6 Å². The largest absolute Gasteiger partial charge is 0.303 e. The Labute approximate surface area is 101 Å². The first-order chi connectivity index (χ1) is 7.70. The molecule has 0 spiro atoms. The molecule has 0 saturated carbocycles. The molecule has 0 radical (unpaired) electrons. The van der Waals surface area contributed by atoms with E-state index in [1.807, 2.05) is 43.7 Å². The SMILES string of the molecule is CC.Cc1ccccc1-c1n[nH]c(=S)n1C. The Morgan fingerprint density at radius 3 is 2.38 bits per heavy atom. The van der Waals surface area contributed by atoms with Gasteiger partial charge in [-0.3, -0.25) is 5.10 Å². The van der Waals surface area contributed by atoms with E-state index in [0.29, 0.717) is 4.77 Å². The van der Waals surface area contributed by atoms with Crippen LogP contribution in [0.15, 0.2) is 24.3 Å². The van der Waals surface area contributed by atoms with E-state index in [-0.39, 0.29) is 0 Å². The summed E-state index contributed by atoms with van der Waals surface area (Å²) in [6.07, 6.45) is 0. The average molecular weight is 235 g/mol. The summed E-state index contributed by atoms with van der Waals surface area (Å²) < 4.78 is 2.51. The van der Waals surface area contributed by atoms with E-state index in [1.54, 1.807) is 0 Å². The molecule has 1 N–H and O–H groups in total. The van der Waals surface area contributed by atoms with E-state index in [0.717, 1.165) is 11.4 Å². The zero-order valence-corrected chi connectivity index (χ0v) is 10.9. The summed E-state index contributed by atoms with van der Waals surface area (Å²) in [5.74, 6) is 0.883. The molecular weight excluding hydrogens is 218 g/mol. The van der Waals surface area contributed by atoms with Gasteiger partial charge in [-0.25, -0.2) is 0 Å². The highest BCUT2D eigenvalue weighted by atomic mass is 32.1. The predicted octanol–water partition coefficient (Wildman–Crippen LogP) is 3.48. The molecular formula is C12H17N3S. The highest BCUT2D eigenvalue weighted by Crippen LogP contribution is 2.19. The molecule has 0 saturated heterocycles. The van der Waals surface area contributed by atoms with E-state index in [4.69, 9.17) is 12.2 Å². The Morgan fingerprint density at radius 2 is 1.88 bits per heavy atom. The number of aromatic amines is 1. The van der Waals surface area contributed by atoms with Crippen LogP contribution in [-0.4, -0.2) is 14.8 Å². The molecule has 0 aliphatic carbocycles. The van der Waals surface area contributed by atoms with Crippen LogP contribution in [0.5, 0.6) is 0 Å². The van der Waals surface area contributed by atoms with E-state index in [9.17, 15) is 0 Å². The summed E-state index contributed by atoms with van der Waals surface area (Å²) in [5, 5.41) is 6.97. The molecule has 0 amide bonds. The third-order valence-corrected chi connectivity index (χ3v) is 2.63. The van der Waals surface area contributed by atoms with Gasteiger partial charge in [-0.1, -0.05) is 38.1 Å². The summed E-state index contributed by atoms with van der Waals surface area (Å²) >= 11 is 5.06. The van der Waals surface area contributed by atoms with Crippen LogP contribution in [0.1, 0.15) is 19.4 Å². The molecule has 1 aromatic heterocycles. The van der Waals surface area contributed by atoms with Crippen molar-refractivity contribution in [3.63, 3.8) is 0 Å². The number of rotatable bonds is 1. The quantitative estimate of drug-likeness (QED) is 0.768. The van der Waals surface area contributed by atoms with Crippen molar-refractivity contribution in [3.05, 3.63) is 34.6 Å². The van der Waals surface area contributed by atoms with Crippen molar-refractivity contribution in [2.75, 3.05) is 0 Å². The molecule has 0 bridgehead atoms. The second-order valence-electron chi connectivity index (χ2n) is 3.23. The number of aryl methyl sites for hydroxylation is 1. The summed E-state index contributed by atoms with van der Waals surface area (Å²) in [6.45, 7) is 6.06. The topological polar surface area (TPSA) is 33.6 Å². The molecule has 1 aromatic carbocycles. The van der Waals surface area contributed by atoms with Gasteiger partial charge in [0, 0.05) is 12.6 Å². The monoisotopic (exact) mass is 235 g/mol. The highest BCUT2D eigenvalue weighted by Gasteiger charge is 2.06. The second-order valence-corrected chi connectivity index (χ2v) is 3.61. The molecule has 16 heavy (non-hydrogen) atoms. The highest BCUT2D eigenvalue weighted by molar-refractivity contribution is 7.71. The minimum Gasteiger partial charge on any atom is -0.303 e. The molecule has 0 fully saturated rings. The lowest BCUT2D eigenvalue weighted by Gasteiger charge is -2.03. The number of aromatic nitrogens is 3. The van der Waals surface area contributed by atoms with E-state index < -0.39 is 0 Å². The second kappa shape index (κ2) is 5.61. The molecule has 86 valence electrons. The van der Waals surface area contributed by atoms with Gasteiger partial charge in [-0.05, 0) is 24.7 Å². The minimum absolute atomic E-state index is 0.642. The molecule has 0 atom stereocenters. The maximum atomic E-state index is 5.06. The zero-order chi connectivity index (χ0) is 12.1. The van der Waals surface area contributed by atoms with E-state index >= 15 is 0 Å². The van der Waals surface area contributed by atoms with Gasteiger partial charge in [0.1, 0.15) is 0 Å². The van der Waals surface area contributed by atoms with Crippen molar-refractivity contribution < 1.29 is 0 Å². The first-order valence-electron chi connectivity index (χ1n) is 5.37. The number of hydrogen-bond acceptors (Lipinski definition) is 2. The Morgan fingerprint density at radius 1 is 1.25 bits per heavy atom. The first-order valence-corrected chi connectivity index (χ1v) is 5.78. The molecule has 2 rings (SSSR count). The first kappa shape index (κ1) is 12.6. The summed E-state index contributed by atoms with van der Waals surface area (Å²) in [6, 6.07) is 8.12. The Bertz CT molecular complexity index is 511. The van der Waals surface area contributed by atoms with Gasteiger partial charge in [0.2, 0.25) is 0 Å². The minimum atomic E-state index is 0.642. The fraction of sp³-hybridized carbons (Fsp3) is 0.333. The Kier molecular flexibility index (Phi) is 4.43. The zero-order valence-electron chi connectivity index (χ0n) is 10.1. The lowest BCUT2D eigenvalue weighted by atomic mass is 10.1. The van der Waals surface area contributed by atoms with Gasteiger partial charge in [-0.2, -0.15) is 5.10 Å². The normalized spacial score (nSPS) is 9.50. The standard InChI is InChI=1S/C10H11N3S.C2H6/c1-7-5-3-4-6-8(7)9-11-12-10(14)13(9)2;1-2/h3-6H,1-2H3,(H,12,14);1-2H3. The molecule has 4 heteroatoms. The summed E-state index contributed by atoms with van der Waals surface area (Å²) in [7, 11) is 1.91. The van der Waals surface area contributed by atoms with Crippen molar-refractivity contribution in [2.24, 2.45) is 7.05 Å². The van der Waals surface area contributed by atoms with Crippen molar-refractivity contribution in [3.8, 4) is 11.4 Å². The van der Waals surface area contributed by atoms with E-state index in [2.05, 4.69) is 23.2 Å². The van der Waals surface area contributed by atoms with Gasteiger partial charge in [0.25, 0.3) is 0 Å². The van der Waals surface area contributed by atoms with Gasteiger partial charge in [0.05, 0.1) is 0 Å². The number of nitrogens with zero attached hydrogens (tertiary/aromatic N) is 2. The number of benzene rings is 1. The average Bonchev–Trinajstić information content (AvgIpc) is 2.64. The van der Waals surface area contributed by atoms with Crippen LogP contribution in [0, 0.1) is 11.7 Å². The maximum absolute atomic E-state index is 5.06. The third-order valence-electron chi connectivity index (χ3n) is 2.27. The fourth-order valence-corrected chi connectivity index (χ4v) is 1.54. The van der Waals surface area contributed by atoms with Crippen molar-refractivity contribution in [2.45, 2.75) is 20.8 Å². The van der Waals surface area contributed by atoms with Crippen LogP contribution in [-0.2, 0) is 7.05 Å². The van der Waals surface area contributed by atoms with Gasteiger partial charge in [-0.15, -0.1) is 0 Å². The van der Waals surface area contributed by atoms with Crippen LogP contribution < -0.4 is 0 Å². The van der Waals surface area contributed by atoms with Crippen LogP contribution in [0.25, 0.3) is 11.4 Å². The molecule has 3 nitrogen and oxygen atoms in total. The van der Waals surface area contributed by atoms with Crippen LogP contribution in [0.2, 0.25) is 0 Å². The van der Waals surface area contributed by atoms with Gasteiger partial charge >= 0.3 is 0 Å². The number of hydrogen-bond donors (Lipinski definition) is 1. The molecule has 1 heterocycles. The molecule has 0 aliphatic rings. The van der Waals surface area contributed by atoms with Crippen molar-refractivity contribution in [1.82, 2.24) is 14.8 Å². The van der Waals surface area contributed by atoms with Crippen LogP contribution >= 0.6 is 12.2 Å². The Hall–Kier alpha value is -1.42. The summed E-state index contributed by atoms with van der Waals surface area (Å²) in [5.41, 5.74) is 2.31. The molecule has 0 unspecified atom stereocenters. The fourth-order valence-electron chi connectivity index (χ4n) is 1.41. The van der Waals surface area contributed by atoms with Crippen LogP contribution in [0.4, 0.5) is 0 Å². The number of H-pyrrole nitrogens is 1. The third kappa shape index (κ3) is 2.39.